The monoisotopic (exact) mass is 241 g/mol. The first kappa shape index (κ1) is 13.2. The quantitative estimate of drug-likeness (QED) is 0.639. The topological polar surface area (TPSA) is 99.6 Å². The third-order valence-electron chi connectivity index (χ3n) is 2.14. The van der Waals surface area contributed by atoms with Crippen LogP contribution in [0.15, 0.2) is 18.3 Å². The number of esters is 1. The molecule has 17 heavy (non-hydrogen) atoms. The first-order valence-electron chi connectivity index (χ1n) is 5.23. The molecule has 0 fully saturated rings. The van der Waals surface area contributed by atoms with Crippen molar-refractivity contribution in [2.75, 3.05) is 0 Å². The van der Waals surface area contributed by atoms with Crippen molar-refractivity contribution >= 4 is 11.9 Å². The molecule has 0 unspecified atom stereocenters. The van der Waals surface area contributed by atoms with Crippen LogP contribution in [0.5, 0.6) is 0 Å². The smallest absolute Gasteiger partial charge is 0.354 e. The lowest BCUT2D eigenvalue weighted by Gasteiger charge is -2.15. The van der Waals surface area contributed by atoms with Gasteiger partial charge in [0, 0.05) is 12.6 Å². The van der Waals surface area contributed by atoms with Crippen LogP contribution in [0.3, 0.4) is 0 Å². The van der Waals surface area contributed by atoms with E-state index in [-0.39, 0.29) is 12.8 Å². The van der Waals surface area contributed by atoms with Gasteiger partial charge in [0.2, 0.25) is 0 Å². The number of aromatic amines is 1. The molecule has 1 heterocycles. The molecule has 0 saturated heterocycles. The van der Waals surface area contributed by atoms with Crippen LogP contribution < -0.4 is 0 Å². The van der Waals surface area contributed by atoms with Crippen LogP contribution in [0.4, 0.5) is 0 Å². The molecule has 0 aromatic carbocycles. The van der Waals surface area contributed by atoms with Crippen molar-refractivity contribution in [2.45, 2.75) is 32.0 Å². The van der Waals surface area contributed by atoms with E-state index in [4.69, 9.17) is 9.84 Å². The fraction of sp³-hybridized carbons (Fsp3) is 0.455. The maximum Gasteiger partial charge on any atom is 0.354 e. The summed E-state index contributed by atoms with van der Waals surface area (Å²) in [5, 5.41) is 17.8. The second kappa shape index (κ2) is 6.05. The van der Waals surface area contributed by atoms with Crippen molar-refractivity contribution in [1.29, 1.82) is 0 Å². The highest BCUT2D eigenvalue weighted by atomic mass is 16.5. The zero-order valence-electron chi connectivity index (χ0n) is 9.42. The Labute approximate surface area is 98.2 Å². The Morgan fingerprint density at radius 1 is 1.53 bits per heavy atom. The maximum absolute atomic E-state index is 11.5. The van der Waals surface area contributed by atoms with E-state index < -0.39 is 24.1 Å². The summed E-state index contributed by atoms with van der Waals surface area (Å²) in [7, 11) is 0. The fourth-order valence-corrected chi connectivity index (χ4v) is 1.42. The van der Waals surface area contributed by atoms with Gasteiger partial charge in [0.25, 0.3) is 0 Å². The third-order valence-corrected chi connectivity index (χ3v) is 2.14. The number of carboxylic acids is 1. The van der Waals surface area contributed by atoms with E-state index in [1.807, 2.05) is 0 Å². The molecule has 3 N–H and O–H groups in total. The van der Waals surface area contributed by atoms with Gasteiger partial charge in [0.05, 0.1) is 12.5 Å². The van der Waals surface area contributed by atoms with E-state index in [2.05, 4.69) is 4.98 Å². The minimum atomic E-state index is -1.08. The van der Waals surface area contributed by atoms with Gasteiger partial charge in [-0.25, -0.2) is 4.79 Å². The van der Waals surface area contributed by atoms with Gasteiger partial charge >= 0.3 is 11.9 Å². The fourth-order valence-electron chi connectivity index (χ4n) is 1.42. The Kier molecular flexibility index (Phi) is 4.71. The summed E-state index contributed by atoms with van der Waals surface area (Å²) in [6, 6.07) is 3.24. The van der Waals surface area contributed by atoms with Gasteiger partial charge in [-0.2, -0.15) is 0 Å². The molecular weight excluding hydrogens is 226 g/mol. The van der Waals surface area contributed by atoms with Crippen LogP contribution in [0, 0.1) is 0 Å². The van der Waals surface area contributed by atoms with Crippen molar-refractivity contribution < 1.29 is 24.5 Å². The molecule has 0 aliphatic carbocycles. The van der Waals surface area contributed by atoms with E-state index in [1.165, 1.54) is 0 Å². The summed E-state index contributed by atoms with van der Waals surface area (Å²) in [6.07, 6.45) is -0.219. The van der Waals surface area contributed by atoms with Gasteiger partial charge in [-0.1, -0.05) is 0 Å². The molecule has 0 spiro atoms. The number of carboxylic acid groups (broad SMARTS) is 1. The number of aromatic nitrogens is 1. The van der Waals surface area contributed by atoms with Crippen LogP contribution in [-0.2, 0) is 9.53 Å². The Morgan fingerprint density at radius 3 is 2.76 bits per heavy atom. The minimum Gasteiger partial charge on any atom is -0.481 e. The third kappa shape index (κ3) is 4.69. The number of aliphatic carboxylic acids is 1. The Balaban J connectivity index is 2.36. The molecule has 94 valence electrons. The highest BCUT2D eigenvalue weighted by Crippen LogP contribution is 2.08. The van der Waals surface area contributed by atoms with Gasteiger partial charge < -0.3 is 19.9 Å². The number of carbonyl (C=O) groups is 2. The van der Waals surface area contributed by atoms with E-state index in [0.29, 0.717) is 5.69 Å². The van der Waals surface area contributed by atoms with Gasteiger partial charge in [0.1, 0.15) is 11.8 Å². The minimum absolute atomic E-state index is 0.0960. The lowest BCUT2D eigenvalue weighted by Crippen LogP contribution is -2.23. The number of H-pyrrole nitrogens is 1. The first-order chi connectivity index (χ1) is 7.99. The predicted octanol–water partition coefficient (Wildman–Crippen LogP) is 0.786. The standard InChI is InChI=1S/C11H15NO5/c1-7(5-8(13)6-10(14)15)17-11(16)9-3-2-4-12-9/h2-4,7-8,12-13H,5-6H2,1H3,(H,14,15)/t7-,8-/m1/s1. The molecule has 1 aromatic rings. The molecule has 6 heteroatoms. The number of hydrogen-bond donors (Lipinski definition) is 3. The molecule has 6 nitrogen and oxygen atoms in total. The van der Waals surface area contributed by atoms with Gasteiger partial charge in [-0.05, 0) is 19.1 Å². The molecule has 0 amide bonds. The Bertz CT molecular complexity index is 373. The second-order valence-corrected chi connectivity index (χ2v) is 3.79. The van der Waals surface area contributed by atoms with Crippen LogP contribution in [0.25, 0.3) is 0 Å². The summed E-state index contributed by atoms with van der Waals surface area (Å²) >= 11 is 0. The second-order valence-electron chi connectivity index (χ2n) is 3.79. The molecule has 0 aliphatic rings. The van der Waals surface area contributed by atoms with E-state index in [0.717, 1.165) is 0 Å². The summed E-state index contributed by atoms with van der Waals surface area (Å²) in [5.74, 6) is -1.61. The van der Waals surface area contributed by atoms with Crippen LogP contribution in [0.2, 0.25) is 0 Å². The predicted molar refractivity (Wildman–Crippen MR) is 58.5 cm³/mol. The highest BCUT2D eigenvalue weighted by molar-refractivity contribution is 5.87. The van der Waals surface area contributed by atoms with Gasteiger partial charge in [0.15, 0.2) is 0 Å². The Morgan fingerprint density at radius 2 is 2.24 bits per heavy atom. The largest absolute Gasteiger partial charge is 0.481 e. The van der Waals surface area contributed by atoms with Crippen molar-refractivity contribution in [2.24, 2.45) is 0 Å². The summed E-state index contributed by atoms with van der Waals surface area (Å²) in [4.78, 5) is 24.5. The number of hydrogen-bond acceptors (Lipinski definition) is 4. The number of ether oxygens (including phenoxy) is 1. The van der Waals surface area contributed by atoms with Gasteiger partial charge in [-0.3, -0.25) is 4.79 Å². The molecule has 1 rings (SSSR count). The number of aliphatic hydroxyl groups excluding tert-OH is 1. The number of aliphatic hydroxyl groups is 1. The van der Waals surface area contributed by atoms with E-state index in [1.54, 1.807) is 25.3 Å². The lowest BCUT2D eigenvalue weighted by molar-refractivity contribution is -0.139. The lowest BCUT2D eigenvalue weighted by atomic mass is 10.1. The zero-order valence-corrected chi connectivity index (χ0v) is 9.42. The number of carbonyl (C=O) groups excluding carboxylic acids is 1. The zero-order chi connectivity index (χ0) is 12.8. The SMILES string of the molecule is C[C@H](C[C@@H](O)CC(=O)O)OC(=O)c1ccc[nH]1. The molecule has 1 aromatic heterocycles. The Hall–Kier alpha value is -1.82. The summed E-state index contributed by atoms with van der Waals surface area (Å²) in [5.41, 5.74) is 0.324. The molecular formula is C11H15NO5. The number of rotatable bonds is 6. The molecule has 2 atom stereocenters. The normalized spacial score (nSPS) is 14.0. The highest BCUT2D eigenvalue weighted by Gasteiger charge is 2.17. The van der Waals surface area contributed by atoms with Crippen molar-refractivity contribution in [3.05, 3.63) is 24.0 Å². The van der Waals surface area contributed by atoms with E-state index in [9.17, 15) is 14.7 Å². The van der Waals surface area contributed by atoms with Crippen molar-refractivity contribution in [3.63, 3.8) is 0 Å². The van der Waals surface area contributed by atoms with E-state index >= 15 is 0 Å². The van der Waals surface area contributed by atoms with Crippen LogP contribution in [-0.4, -0.2) is 39.3 Å². The van der Waals surface area contributed by atoms with Crippen LogP contribution in [0.1, 0.15) is 30.3 Å². The maximum atomic E-state index is 11.5. The average Bonchev–Trinajstić information content (AvgIpc) is 2.67. The summed E-state index contributed by atoms with van der Waals surface area (Å²) in [6.45, 7) is 1.60. The number of nitrogens with one attached hydrogen (secondary N) is 1. The van der Waals surface area contributed by atoms with Crippen LogP contribution >= 0.6 is 0 Å². The van der Waals surface area contributed by atoms with Crippen molar-refractivity contribution in [3.8, 4) is 0 Å². The molecule has 0 aliphatic heterocycles. The van der Waals surface area contributed by atoms with Crippen molar-refractivity contribution in [1.82, 2.24) is 4.98 Å². The average molecular weight is 241 g/mol. The molecule has 0 saturated carbocycles. The first-order valence-corrected chi connectivity index (χ1v) is 5.23. The molecule has 0 radical (unpaired) electrons. The molecule has 0 bridgehead atoms. The summed E-state index contributed by atoms with van der Waals surface area (Å²) < 4.78 is 5.02. The van der Waals surface area contributed by atoms with Gasteiger partial charge in [-0.15, -0.1) is 0 Å².